The van der Waals surface area contributed by atoms with E-state index in [1.54, 1.807) is 7.85 Å². The molecule has 1 aliphatic heterocycles. The van der Waals surface area contributed by atoms with E-state index in [0.717, 1.165) is 12.1 Å². The molecule has 0 bridgehead atoms. The Morgan fingerprint density at radius 1 is 1.39 bits per heavy atom. The maximum Gasteiger partial charge on any atom is 0.416 e. The molecule has 18 heavy (non-hydrogen) atoms. The van der Waals surface area contributed by atoms with Crippen molar-refractivity contribution in [3.8, 4) is 0 Å². The number of hydrogen-bond donors (Lipinski definition) is 2. The van der Waals surface area contributed by atoms with Crippen molar-refractivity contribution < 1.29 is 18.0 Å². The maximum absolute atomic E-state index is 12.7. The molecule has 0 saturated carbocycles. The van der Waals surface area contributed by atoms with E-state index in [-0.39, 0.29) is 24.1 Å². The molecule has 1 aliphatic rings. The van der Waals surface area contributed by atoms with E-state index in [1.165, 1.54) is 0 Å². The van der Waals surface area contributed by atoms with Crippen molar-refractivity contribution in [1.29, 1.82) is 0 Å². The van der Waals surface area contributed by atoms with Gasteiger partial charge in [-0.25, -0.2) is 0 Å². The molecule has 2 N–H and O–H groups in total. The summed E-state index contributed by atoms with van der Waals surface area (Å²) in [4.78, 5) is 11.5. The average Bonchev–Trinajstić information content (AvgIpc) is 2.34. The third-order valence-electron chi connectivity index (χ3n) is 2.82. The molecule has 0 aromatic heterocycles. The Hall–Kier alpha value is -1.66. The largest absolute Gasteiger partial charge is 0.416 e. The number of nitrogens with one attached hydrogen (secondary N) is 2. The summed E-state index contributed by atoms with van der Waals surface area (Å²) in [7, 11) is 1.59. The maximum atomic E-state index is 12.7. The first-order chi connectivity index (χ1) is 8.27. The number of fused-ring (bicyclic) bond motifs is 1. The summed E-state index contributed by atoms with van der Waals surface area (Å²) in [5.74, 6) is -0.285. The summed E-state index contributed by atoms with van der Waals surface area (Å²) in [5.41, 5.74) is 0.460. The summed E-state index contributed by atoms with van der Waals surface area (Å²) in [6.07, 6.45) is -4.18. The summed E-state index contributed by atoms with van der Waals surface area (Å²) in [5, 5.41) is 5.55. The molecule has 1 aromatic carbocycles. The number of halogens is 3. The Balaban J connectivity index is 2.53. The average molecular weight is 256 g/mol. The predicted molar refractivity (Wildman–Crippen MR) is 66.0 cm³/mol. The van der Waals surface area contributed by atoms with Gasteiger partial charge in [-0.05, 0) is 13.0 Å². The second kappa shape index (κ2) is 4.22. The molecular formula is C11H12BF3N2O. The Bertz CT molecular complexity index is 502. The van der Waals surface area contributed by atoms with Gasteiger partial charge in [-0.3, -0.25) is 4.79 Å². The fourth-order valence-electron chi connectivity index (χ4n) is 2.02. The van der Waals surface area contributed by atoms with Crippen LogP contribution in [0.2, 0.25) is 0 Å². The minimum atomic E-state index is -4.41. The first kappa shape index (κ1) is 12.8. The van der Waals surface area contributed by atoms with Gasteiger partial charge >= 0.3 is 6.18 Å². The van der Waals surface area contributed by atoms with Gasteiger partial charge in [0.1, 0.15) is 7.85 Å². The van der Waals surface area contributed by atoms with E-state index in [2.05, 4.69) is 10.6 Å². The van der Waals surface area contributed by atoms with Crippen LogP contribution in [0.4, 0.5) is 24.5 Å². The normalized spacial score (nSPS) is 19.6. The second-order valence-electron chi connectivity index (χ2n) is 4.51. The molecule has 1 heterocycles. The first-order valence-electron chi connectivity index (χ1n) is 5.55. The zero-order valence-electron chi connectivity index (χ0n) is 9.98. The van der Waals surface area contributed by atoms with Gasteiger partial charge in [-0.15, -0.1) is 0 Å². The van der Waals surface area contributed by atoms with Crippen molar-refractivity contribution in [2.75, 3.05) is 10.6 Å². The van der Waals surface area contributed by atoms with Crippen LogP contribution in [0, 0.1) is 0 Å². The van der Waals surface area contributed by atoms with Crippen molar-refractivity contribution in [2.45, 2.75) is 25.6 Å². The third-order valence-corrected chi connectivity index (χ3v) is 2.82. The number of hydrogen-bond acceptors (Lipinski definition) is 2. The highest BCUT2D eigenvalue weighted by atomic mass is 19.4. The van der Waals surface area contributed by atoms with Crippen molar-refractivity contribution in [3.05, 3.63) is 17.7 Å². The van der Waals surface area contributed by atoms with Gasteiger partial charge in [0.15, 0.2) is 0 Å². The van der Waals surface area contributed by atoms with Crippen LogP contribution < -0.4 is 16.1 Å². The lowest BCUT2D eigenvalue weighted by Gasteiger charge is -2.17. The molecule has 7 heteroatoms. The summed E-state index contributed by atoms with van der Waals surface area (Å²) in [6.45, 7) is 1.81. The summed E-state index contributed by atoms with van der Waals surface area (Å²) >= 11 is 0. The number of amides is 1. The van der Waals surface area contributed by atoms with Crippen LogP contribution in [0.1, 0.15) is 18.9 Å². The zero-order chi connectivity index (χ0) is 13.5. The number of alkyl halides is 3. The molecule has 96 valence electrons. The lowest BCUT2D eigenvalue weighted by atomic mass is 9.90. The predicted octanol–water partition coefficient (Wildman–Crippen LogP) is 1.11. The highest BCUT2D eigenvalue weighted by Crippen LogP contribution is 2.34. The monoisotopic (exact) mass is 256 g/mol. The SMILES string of the molecule is Bc1cc(C(F)(F)F)cc2c1N[C@H](C)CC(=O)N2. The molecule has 0 aliphatic carbocycles. The van der Waals surface area contributed by atoms with Gasteiger partial charge in [-0.1, -0.05) is 11.5 Å². The van der Waals surface area contributed by atoms with Crippen molar-refractivity contribution in [2.24, 2.45) is 0 Å². The Kier molecular flexibility index (Phi) is 3.00. The molecule has 1 atom stereocenters. The number of rotatable bonds is 0. The number of carbonyl (C=O) groups excluding carboxylic acids is 1. The molecule has 3 nitrogen and oxygen atoms in total. The molecule has 0 unspecified atom stereocenters. The third kappa shape index (κ3) is 2.44. The molecule has 0 radical (unpaired) electrons. The molecule has 1 aromatic rings. The second-order valence-corrected chi connectivity index (χ2v) is 4.51. The van der Waals surface area contributed by atoms with Crippen LogP contribution in [0.15, 0.2) is 12.1 Å². The van der Waals surface area contributed by atoms with Crippen molar-refractivity contribution in [1.82, 2.24) is 0 Å². The fourth-order valence-corrected chi connectivity index (χ4v) is 2.02. The Labute approximate surface area is 103 Å². The standard InChI is InChI=1S/C11H12BF3N2O/c1-5-2-9(18)17-8-4-6(11(13,14)15)3-7(12)10(8)16-5/h3-5,16H,2,12H2,1H3,(H,17,18)/t5-/m1/s1. The van der Waals surface area contributed by atoms with Crippen LogP contribution in [0.3, 0.4) is 0 Å². The molecule has 0 spiro atoms. The van der Waals surface area contributed by atoms with Gasteiger partial charge in [0.2, 0.25) is 5.91 Å². The zero-order valence-corrected chi connectivity index (χ0v) is 9.98. The first-order valence-corrected chi connectivity index (χ1v) is 5.55. The number of benzene rings is 1. The molecular weight excluding hydrogens is 244 g/mol. The lowest BCUT2D eigenvalue weighted by molar-refractivity contribution is -0.137. The molecule has 0 saturated heterocycles. The van der Waals surface area contributed by atoms with E-state index in [1.807, 2.05) is 6.92 Å². The number of carbonyl (C=O) groups is 1. The van der Waals surface area contributed by atoms with E-state index in [9.17, 15) is 18.0 Å². The van der Waals surface area contributed by atoms with E-state index < -0.39 is 11.7 Å². The summed E-state index contributed by atoms with van der Waals surface area (Å²) < 4.78 is 38.0. The Morgan fingerprint density at radius 3 is 2.67 bits per heavy atom. The quantitative estimate of drug-likeness (QED) is 0.682. The molecule has 2 rings (SSSR count). The molecule has 0 fully saturated rings. The van der Waals surface area contributed by atoms with Crippen LogP contribution in [-0.2, 0) is 11.0 Å². The minimum absolute atomic E-state index is 0.110. The van der Waals surface area contributed by atoms with Crippen LogP contribution in [-0.4, -0.2) is 19.8 Å². The lowest BCUT2D eigenvalue weighted by Crippen LogP contribution is -2.21. The van der Waals surface area contributed by atoms with E-state index >= 15 is 0 Å². The Morgan fingerprint density at radius 2 is 2.06 bits per heavy atom. The van der Waals surface area contributed by atoms with E-state index in [0.29, 0.717) is 11.2 Å². The van der Waals surface area contributed by atoms with Crippen molar-refractivity contribution >= 4 is 30.6 Å². The highest BCUT2D eigenvalue weighted by molar-refractivity contribution is 6.37. The van der Waals surface area contributed by atoms with Gasteiger partial charge in [-0.2, -0.15) is 13.2 Å². The van der Waals surface area contributed by atoms with Gasteiger partial charge in [0, 0.05) is 12.5 Å². The van der Waals surface area contributed by atoms with Crippen LogP contribution in [0.25, 0.3) is 0 Å². The highest BCUT2D eigenvalue weighted by Gasteiger charge is 2.32. The minimum Gasteiger partial charge on any atom is -0.381 e. The number of anilines is 2. The van der Waals surface area contributed by atoms with E-state index in [4.69, 9.17) is 0 Å². The topological polar surface area (TPSA) is 41.1 Å². The fraction of sp³-hybridized carbons (Fsp3) is 0.364. The molecule has 1 amide bonds. The smallest absolute Gasteiger partial charge is 0.381 e. The van der Waals surface area contributed by atoms with Gasteiger partial charge in [0.05, 0.1) is 16.9 Å². The van der Waals surface area contributed by atoms with Crippen LogP contribution in [0.5, 0.6) is 0 Å². The summed E-state index contributed by atoms with van der Waals surface area (Å²) in [6, 6.07) is 1.93. The van der Waals surface area contributed by atoms with Gasteiger partial charge < -0.3 is 10.6 Å². The van der Waals surface area contributed by atoms with Crippen LogP contribution >= 0.6 is 0 Å². The van der Waals surface area contributed by atoms with Crippen molar-refractivity contribution in [3.63, 3.8) is 0 Å². The van der Waals surface area contributed by atoms with Gasteiger partial charge in [0.25, 0.3) is 0 Å².